The number of aryl methyl sites for hydroxylation is 2. The van der Waals surface area contributed by atoms with Crippen molar-refractivity contribution in [2.45, 2.75) is 25.2 Å². The zero-order chi connectivity index (χ0) is 12.4. The van der Waals surface area contributed by atoms with Crippen molar-refractivity contribution >= 4 is 0 Å². The van der Waals surface area contributed by atoms with Crippen LogP contribution in [0.3, 0.4) is 0 Å². The van der Waals surface area contributed by atoms with Crippen LogP contribution in [0.2, 0.25) is 0 Å². The third-order valence-corrected chi connectivity index (χ3v) is 3.88. The summed E-state index contributed by atoms with van der Waals surface area (Å²) in [5.74, 6) is 0.212. The van der Waals surface area contributed by atoms with Crippen LogP contribution in [0.15, 0.2) is 48.5 Å². The van der Waals surface area contributed by atoms with Crippen molar-refractivity contribution in [3.8, 4) is 0 Å². The van der Waals surface area contributed by atoms with E-state index in [1.807, 2.05) is 0 Å². The first kappa shape index (κ1) is 11.5. The number of hydrogen-bond acceptors (Lipinski definition) is 1. The van der Waals surface area contributed by atoms with Gasteiger partial charge in [0, 0.05) is 5.92 Å². The largest absolute Gasteiger partial charge is 0.396 e. The van der Waals surface area contributed by atoms with Gasteiger partial charge in [-0.15, -0.1) is 0 Å². The lowest BCUT2D eigenvalue weighted by atomic mass is 9.90. The van der Waals surface area contributed by atoms with Crippen molar-refractivity contribution in [2.24, 2.45) is 0 Å². The number of aliphatic hydroxyl groups is 1. The molecule has 0 amide bonds. The van der Waals surface area contributed by atoms with Crippen molar-refractivity contribution in [1.82, 2.24) is 0 Å². The van der Waals surface area contributed by atoms with Crippen LogP contribution < -0.4 is 0 Å². The summed E-state index contributed by atoms with van der Waals surface area (Å²) in [7, 11) is 0. The maximum Gasteiger partial charge on any atom is 0.0502 e. The maximum absolute atomic E-state index is 9.58. The fourth-order valence-corrected chi connectivity index (χ4v) is 2.66. The second-order valence-electron chi connectivity index (χ2n) is 5.14. The predicted molar refractivity (Wildman–Crippen MR) is 73.8 cm³/mol. The molecule has 0 heterocycles. The van der Waals surface area contributed by atoms with Crippen LogP contribution in [0.25, 0.3) is 0 Å². The molecule has 2 aromatic carbocycles. The summed E-state index contributed by atoms with van der Waals surface area (Å²) in [4.78, 5) is 0. The van der Waals surface area contributed by atoms with E-state index in [4.69, 9.17) is 0 Å². The molecule has 4 aliphatic carbocycles. The van der Waals surface area contributed by atoms with Gasteiger partial charge in [-0.05, 0) is 41.5 Å². The molecule has 0 aromatic heterocycles. The minimum atomic E-state index is 0.209. The lowest BCUT2D eigenvalue weighted by Crippen LogP contribution is -2.08. The van der Waals surface area contributed by atoms with Crippen molar-refractivity contribution < 1.29 is 5.11 Å². The highest BCUT2D eigenvalue weighted by atomic mass is 16.3. The number of aliphatic hydroxyl groups excluding tert-OH is 1. The molecular weight excluding hydrogens is 220 g/mol. The highest BCUT2D eigenvalue weighted by molar-refractivity contribution is 5.31. The first-order valence-electron chi connectivity index (χ1n) is 6.62. The average molecular weight is 238 g/mol. The number of hydrogen-bond donors (Lipinski definition) is 1. The molecular formula is C17H18O. The van der Waals surface area contributed by atoms with E-state index in [1.165, 1.54) is 22.3 Å². The quantitative estimate of drug-likeness (QED) is 0.809. The molecule has 2 aromatic rings. The minimum absolute atomic E-state index is 0.209. The molecule has 0 saturated heterocycles. The zero-order valence-electron chi connectivity index (χ0n) is 10.5. The van der Waals surface area contributed by atoms with Gasteiger partial charge in [-0.1, -0.05) is 48.5 Å². The van der Waals surface area contributed by atoms with Crippen molar-refractivity contribution in [2.75, 3.05) is 6.61 Å². The molecule has 0 fully saturated rings. The van der Waals surface area contributed by atoms with Gasteiger partial charge in [0.1, 0.15) is 0 Å². The van der Waals surface area contributed by atoms with Crippen LogP contribution in [0.5, 0.6) is 0 Å². The van der Waals surface area contributed by atoms with Crippen LogP contribution in [0.4, 0.5) is 0 Å². The summed E-state index contributed by atoms with van der Waals surface area (Å²) < 4.78 is 0. The third-order valence-electron chi connectivity index (χ3n) is 3.88. The zero-order valence-corrected chi connectivity index (χ0v) is 10.5. The number of benzene rings is 2. The summed E-state index contributed by atoms with van der Waals surface area (Å²) in [6.45, 7) is 0.209. The van der Waals surface area contributed by atoms with Gasteiger partial charge in [0.25, 0.3) is 0 Å². The molecule has 1 N–H and O–H groups in total. The van der Waals surface area contributed by atoms with E-state index in [0.29, 0.717) is 0 Å². The average Bonchev–Trinajstić information content (AvgIpc) is 2.42. The Morgan fingerprint density at radius 2 is 1.28 bits per heavy atom. The van der Waals surface area contributed by atoms with E-state index < -0.39 is 0 Å². The van der Waals surface area contributed by atoms with Crippen LogP contribution in [0, 0.1) is 0 Å². The lowest BCUT2D eigenvalue weighted by molar-refractivity contribution is 0.264. The predicted octanol–water partition coefficient (Wildman–Crippen LogP) is 3.10. The molecule has 1 nitrogen and oxygen atoms in total. The second kappa shape index (κ2) is 4.95. The van der Waals surface area contributed by atoms with E-state index in [1.54, 1.807) is 0 Å². The standard InChI is InChI=1S/C17H18O/c18-12-17-11-15-5-3-13(4-6-15)1-2-14-7-9-16(17)10-8-14/h3-10,17-18H,1-2,11-12H2/t17-/m0/s1. The molecule has 0 saturated carbocycles. The van der Waals surface area contributed by atoms with Crippen LogP contribution in [0.1, 0.15) is 28.2 Å². The van der Waals surface area contributed by atoms with E-state index in [0.717, 1.165) is 19.3 Å². The van der Waals surface area contributed by atoms with Crippen molar-refractivity contribution in [3.05, 3.63) is 70.8 Å². The molecule has 0 unspecified atom stereocenters. The molecule has 18 heavy (non-hydrogen) atoms. The Morgan fingerprint density at radius 3 is 1.83 bits per heavy atom. The summed E-state index contributed by atoms with van der Waals surface area (Å²) in [5.41, 5.74) is 5.32. The second-order valence-corrected chi connectivity index (χ2v) is 5.14. The molecule has 0 radical (unpaired) electrons. The van der Waals surface area contributed by atoms with Crippen LogP contribution in [-0.2, 0) is 19.3 Å². The Balaban J connectivity index is 2.01. The molecule has 92 valence electrons. The number of rotatable bonds is 1. The summed E-state index contributed by atoms with van der Waals surface area (Å²) in [5, 5.41) is 9.58. The van der Waals surface area contributed by atoms with Crippen LogP contribution in [-0.4, -0.2) is 11.7 Å². The van der Waals surface area contributed by atoms with Gasteiger partial charge in [0.05, 0.1) is 6.61 Å². The first-order valence-corrected chi connectivity index (χ1v) is 6.62. The molecule has 4 aliphatic rings. The fourth-order valence-electron chi connectivity index (χ4n) is 2.66. The fraction of sp³-hybridized carbons (Fsp3) is 0.294. The normalized spacial score (nSPS) is 18.4. The van der Waals surface area contributed by atoms with Gasteiger partial charge >= 0.3 is 0 Å². The Labute approximate surface area is 108 Å². The molecule has 6 rings (SSSR count). The highest BCUT2D eigenvalue weighted by Crippen LogP contribution is 2.23. The smallest absolute Gasteiger partial charge is 0.0502 e. The lowest BCUT2D eigenvalue weighted by Gasteiger charge is -2.17. The van der Waals surface area contributed by atoms with Gasteiger partial charge in [0.2, 0.25) is 0 Å². The van der Waals surface area contributed by atoms with Gasteiger partial charge in [-0.25, -0.2) is 0 Å². The van der Waals surface area contributed by atoms with Crippen LogP contribution >= 0.6 is 0 Å². The Kier molecular flexibility index (Phi) is 3.16. The Hall–Kier alpha value is -1.60. The van der Waals surface area contributed by atoms with Crippen molar-refractivity contribution in [1.29, 1.82) is 0 Å². The summed E-state index contributed by atoms with van der Waals surface area (Å²) >= 11 is 0. The van der Waals surface area contributed by atoms with E-state index in [9.17, 15) is 5.11 Å². The monoisotopic (exact) mass is 238 g/mol. The Morgan fingerprint density at radius 1 is 0.778 bits per heavy atom. The third kappa shape index (κ3) is 2.32. The van der Waals surface area contributed by atoms with E-state index >= 15 is 0 Å². The molecule has 0 aliphatic heterocycles. The topological polar surface area (TPSA) is 20.2 Å². The van der Waals surface area contributed by atoms with Gasteiger partial charge in [-0.3, -0.25) is 0 Å². The highest BCUT2D eigenvalue weighted by Gasteiger charge is 2.12. The van der Waals surface area contributed by atoms with Gasteiger partial charge in [-0.2, -0.15) is 0 Å². The van der Waals surface area contributed by atoms with Gasteiger partial charge < -0.3 is 5.11 Å². The minimum Gasteiger partial charge on any atom is -0.396 e. The van der Waals surface area contributed by atoms with E-state index in [-0.39, 0.29) is 12.5 Å². The molecule has 4 bridgehead atoms. The maximum atomic E-state index is 9.58. The molecule has 1 atom stereocenters. The van der Waals surface area contributed by atoms with Crippen molar-refractivity contribution in [3.63, 3.8) is 0 Å². The summed E-state index contributed by atoms with van der Waals surface area (Å²) in [6, 6.07) is 17.6. The molecule has 0 spiro atoms. The first-order chi connectivity index (χ1) is 8.85. The SMILES string of the molecule is OC[C@@H]1Cc2ccc(cc2)CCc2ccc1cc2. The van der Waals surface area contributed by atoms with Gasteiger partial charge in [0.15, 0.2) is 0 Å². The molecule has 1 heteroatoms. The summed E-state index contributed by atoms with van der Waals surface area (Å²) in [6.07, 6.45) is 3.10. The Bertz CT molecular complexity index is 510. The van der Waals surface area contributed by atoms with E-state index in [2.05, 4.69) is 48.5 Å².